The lowest BCUT2D eigenvalue weighted by Gasteiger charge is -2.02. The molecule has 0 unspecified atom stereocenters. The molecule has 2 N–H and O–H groups in total. The maximum absolute atomic E-state index is 5.43. The van der Waals surface area contributed by atoms with Crippen molar-refractivity contribution < 1.29 is 0 Å². The van der Waals surface area contributed by atoms with Crippen LogP contribution < -0.4 is 5.73 Å². The molecule has 0 aliphatic carbocycles. The quantitative estimate of drug-likeness (QED) is 0.613. The molecule has 0 aromatic carbocycles. The van der Waals surface area contributed by atoms with Crippen LogP contribution in [0.5, 0.6) is 0 Å². The van der Waals surface area contributed by atoms with E-state index < -0.39 is 0 Å². The minimum atomic E-state index is 0.691. The average Bonchev–Trinajstić information content (AvgIpc) is 1.97. The van der Waals surface area contributed by atoms with Crippen LogP contribution >= 0.6 is 0 Å². The zero-order valence-corrected chi connectivity index (χ0v) is 7.43. The lowest BCUT2D eigenvalue weighted by Crippen LogP contribution is -2.00. The zero-order chi connectivity index (χ0) is 8.69. The second-order valence-electron chi connectivity index (χ2n) is 2.54. The molecule has 0 bridgehead atoms. The van der Waals surface area contributed by atoms with Gasteiger partial charge in [-0.1, -0.05) is 30.4 Å². The van der Waals surface area contributed by atoms with Gasteiger partial charge in [-0.25, -0.2) is 0 Å². The molecule has 0 atom stereocenters. The van der Waals surface area contributed by atoms with E-state index in [2.05, 4.69) is 12.7 Å². The van der Waals surface area contributed by atoms with E-state index in [1.807, 2.05) is 26.0 Å². The summed E-state index contributed by atoms with van der Waals surface area (Å²) in [5, 5.41) is 0. The molecule has 0 aromatic rings. The van der Waals surface area contributed by atoms with Crippen LogP contribution in [0.4, 0.5) is 0 Å². The van der Waals surface area contributed by atoms with Crippen LogP contribution in [0.15, 0.2) is 36.0 Å². The average molecular weight is 151 g/mol. The first-order valence-corrected chi connectivity index (χ1v) is 3.90. The van der Waals surface area contributed by atoms with Crippen molar-refractivity contribution in [2.45, 2.75) is 20.3 Å². The van der Waals surface area contributed by atoms with Gasteiger partial charge in [-0.15, -0.1) is 0 Å². The van der Waals surface area contributed by atoms with Gasteiger partial charge in [0.1, 0.15) is 0 Å². The normalized spacial score (nSPS) is 12.5. The van der Waals surface area contributed by atoms with Crippen LogP contribution in [0, 0.1) is 0 Å². The molecule has 0 saturated heterocycles. The van der Waals surface area contributed by atoms with Crippen LogP contribution in [0.2, 0.25) is 0 Å². The van der Waals surface area contributed by atoms with Crippen LogP contribution in [-0.2, 0) is 0 Å². The standard InChI is InChI=1S/C10H17N/c1-4-5-6-10(7-8-11)9(2)3/h4-6H,2,7-8,11H2,1,3H3/b5-4-,10-6-. The van der Waals surface area contributed by atoms with Crippen molar-refractivity contribution in [2.24, 2.45) is 5.73 Å². The summed E-state index contributed by atoms with van der Waals surface area (Å²) in [6.45, 7) is 8.56. The molecule has 0 spiro atoms. The molecule has 0 aliphatic rings. The molecule has 1 heteroatoms. The van der Waals surface area contributed by atoms with Gasteiger partial charge >= 0.3 is 0 Å². The Kier molecular flexibility index (Phi) is 5.49. The third kappa shape index (κ3) is 4.57. The van der Waals surface area contributed by atoms with Crippen molar-refractivity contribution in [2.75, 3.05) is 6.54 Å². The Hall–Kier alpha value is -0.820. The van der Waals surface area contributed by atoms with E-state index in [0.717, 1.165) is 12.0 Å². The Morgan fingerprint density at radius 1 is 1.55 bits per heavy atom. The van der Waals surface area contributed by atoms with E-state index in [1.165, 1.54) is 5.57 Å². The summed E-state index contributed by atoms with van der Waals surface area (Å²) < 4.78 is 0. The summed E-state index contributed by atoms with van der Waals surface area (Å²) in [5.74, 6) is 0. The Morgan fingerprint density at radius 3 is 2.55 bits per heavy atom. The van der Waals surface area contributed by atoms with Crippen LogP contribution in [0.25, 0.3) is 0 Å². The Morgan fingerprint density at radius 2 is 2.18 bits per heavy atom. The Balaban J connectivity index is 4.20. The zero-order valence-electron chi connectivity index (χ0n) is 7.43. The molecule has 0 fully saturated rings. The second kappa shape index (κ2) is 5.93. The molecule has 0 rings (SSSR count). The Labute approximate surface area is 69.3 Å². The number of hydrogen-bond acceptors (Lipinski definition) is 1. The number of hydrogen-bond donors (Lipinski definition) is 1. The van der Waals surface area contributed by atoms with Gasteiger partial charge in [-0.3, -0.25) is 0 Å². The maximum Gasteiger partial charge on any atom is -0.00366 e. The van der Waals surface area contributed by atoms with Crippen molar-refractivity contribution in [1.29, 1.82) is 0 Å². The largest absolute Gasteiger partial charge is 0.330 e. The molecular formula is C10H17N. The lowest BCUT2D eigenvalue weighted by molar-refractivity contribution is 0.957. The minimum Gasteiger partial charge on any atom is -0.330 e. The van der Waals surface area contributed by atoms with E-state index >= 15 is 0 Å². The molecule has 0 saturated carbocycles. The van der Waals surface area contributed by atoms with Gasteiger partial charge in [-0.05, 0) is 32.4 Å². The highest BCUT2D eigenvalue weighted by Gasteiger charge is 1.93. The molecule has 11 heavy (non-hydrogen) atoms. The molecule has 62 valence electrons. The molecule has 0 amide bonds. The summed E-state index contributed by atoms with van der Waals surface area (Å²) in [4.78, 5) is 0. The minimum absolute atomic E-state index is 0.691. The van der Waals surface area contributed by atoms with E-state index in [4.69, 9.17) is 5.73 Å². The highest BCUT2D eigenvalue weighted by Crippen LogP contribution is 2.10. The topological polar surface area (TPSA) is 26.0 Å². The summed E-state index contributed by atoms with van der Waals surface area (Å²) in [6, 6.07) is 0. The number of allylic oxidation sites excluding steroid dienone is 4. The smallest absolute Gasteiger partial charge is 0.00366 e. The lowest BCUT2D eigenvalue weighted by atomic mass is 10.1. The fraction of sp³-hybridized carbons (Fsp3) is 0.400. The van der Waals surface area contributed by atoms with Crippen LogP contribution in [0.1, 0.15) is 20.3 Å². The van der Waals surface area contributed by atoms with E-state index in [0.29, 0.717) is 6.54 Å². The van der Waals surface area contributed by atoms with Gasteiger partial charge in [0.05, 0.1) is 0 Å². The monoisotopic (exact) mass is 151 g/mol. The molecule has 0 heterocycles. The Bertz CT molecular complexity index is 175. The van der Waals surface area contributed by atoms with Crippen molar-refractivity contribution in [3.8, 4) is 0 Å². The van der Waals surface area contributed by atoms with Gasteiger partial charge in [0.25, 0.3) is 0 Å². The summed E-state index contributed by atoms with van der Waals surface area (Å²) in [7, 11) is 0. The van der Waals surface area contributed by atoms with Gasteiger partial charge in [0.2, 0.25) is 0 Å². The second-order valence-corrected chi connectivity index (χ2v) is 2.54. The maximum atomic E-state index is 5.43. The summed E-state index contributed by atoms with van der Waals surface area (Å²) in [6.07, 6.45) is 6.99. The SMILES string of the molecule is C=C(C)/C(=C\C=C/C)CCN. The highest BCUT2D eigenvalue weighted by molar-refractivity contribution is 5.29. The van der Waals surface area contributed by atoms with Crippen molar-refractivity contribution >= 4 is 0 Å². The first kappa shape index (κ1) is 10.2. The van der Waals surface area contributed by atoms with Gasteiger partial charge in [0, 0.05) is 0 Å². The summed E-state index contributed by atoms with van der Waals surface area (Å²) >= 11 is 0. The van der Waals surface area contributed by atoms with Gasteiger partial charge < -0.3 is 5.73 Å². The molecular weight excluding hydrogens is 134 g/mol. The number of rotatable bonds is 4. The third-order valence-corrected chi connectivity index (χ3v) is 1.45. The van der Waals surface area contributed by atoms with E-state index in [-0.39, 0.29) is 0 Å². The molecule has 0 aliphatic heterocycles. The fourth-order valence-electron chi connectivity index (χ4n) is 0.807. The fourth-order valence-corrected chi connectivity index (χ4v) is 0.807. The molecule has 0 aromatic heterocycles. The van der Waals surface area contributed by atoms with Crippen LogP contribution in [-0.4, -0.2) is 6.54 Å². The number of nitrogens with two attached hydrogens (primary N) is 1. The predicted octanol–water partition coefficient (Wildman–Crippen LogP) is 2.41. The molecule has 1 nitrogen and oxygen atoms in total. The van der Waals surface area contributed by atoms with Gasteiger partial charge in [-0.2, -0.15) is 0 Å². The first-order chi connectivity index (χ1) is 5.22. The van der Waals surface area contributed by atoms with Crippen molar-refractivity contribution in [3.63, 3.8) is 0 Å². The van der Waals surface area contributed by atoms with Crippen molar-refractivity contribution in [3.05, 3.63) is 36.0 Å². The third-order valence-electron chi connectivity index (χ3n) is 1.45. The first-order valence-electron chi connectivity index (χ1n) is 3.90. The van der Waals surface area contributed by atoms with E-state index in [9.17, 15) is 0 Å². The predicted molar refractivity (Wildman–Crippen MR) is 51.4 cm³/mol. The highest BCUT2D eigenvalue weighted by atomic mass is 14.5. The van der Waals surface area contributed by atoms with E-state index in [1.54, 1.807) is 0 Å². The van der Waals surface area contributed by atoms with Crippen LogP contribution in [0.3, 0.4) is 0 Å². The summed E-state index contributed by atoms with van der Waals surface area (Å²) in [5.41, 5.74) is 7.78. The van der Waals surface area contributed by atoms with Gasteiger partial charge in [0.15, 0.2) is 0 Å². The molecule has 0 radical (unpaired) electrons. The van der Waals surface area contributed by atoms with Crippen molar-refractivity contribution in [1.82, 2.24) is 0 Å².